The first kappa shape index (κ1) is 19.9. The molecule has 1 aliphatic heterocycles. The molecule has 0 saturated carbocycles. The van der Waals surface area contributed by atoms with Crippen molar-refractivity contribution in [3.63, 3.8) is 0 Å². The lowest BCUT2D eigenvalue weighted by Gasteiger charge is -2.31. The van der Waals surface area contributed by atoms with E-state index in [1.165, 1.54) is 0 Å². The van der Waals surface area contributed by atoms with Crippen LogP contribution in [0.15, 0.2) is 30.3 Å². The van der Waals surface area contributed by atoms with Gasteiger partial charge in [-0.15, -0.1) is 0 Å². The van der Waals surface area contributed by atoms with Gasteiger partial charge in [0.1, 0.15) is 11.6 Å². The Morgan fingerprint density at radius 1 is 1.27 bits per heavy atom. The van der Waals surface area contributed by atoms with Gasteiger partial charge in [0.15, 0.2) is 0 Å². The van der Waals surface area contributed by atoms with Gasteiger partial charge in [0.25, 0.3) is 0 Å². The predicted octanol–water partition coefficient (Wildman–Crippen LogP) is 2.20. The first-order valence-corrected chi connectivity index (χ1v) is 8.75. The third-order valence-corrected chi connectivity index (χ3v) is 4.05. The van der Waals surface area contributed by atoms with E-state index in [-0.39, 0.29) is 6.42 Å². The maximum Gasteiger partial charge on any atom is 0.417 e. The Bertz CT molecular complexity index is 648. The fourth-order valence-electron chi connectivity index (χ4n) is 2.87. The molecule has 26 heavy (non-hydrogen) atoms. The summed E-state index contributed by atoms with van der Waals surface area (Å²) in [5.41, 5.74) is -0.116. The van der Waals surface area contributed by atoms with Crippen molar-refractivity contribution in [2.24, 2.45) is 0 Å². The van der Waals surface area contributed by atoms with Crippen molar-refractivity contribution in [1.29, 1.82) is 0 Å². The topological polar surface area (TPSA) is 95.9 Å². The monoisotopic (exact) mass is 362 g/mol. The van der Waals surface area contributed by atoms with Crippen molar-refractivity contribution in [1.82, 2.24) is 10.2 Å². The van der Waals surface area contributed by atoms with E-state index < -0.39 is 35.7 Å². The third kappa shape index (κ3) is 5.29. The first-order chi connectivity index (χ1) is 12.2. The second kappa shape index (κ2) is 8.31. The fraction of sp³-hybridized carbons (Fsp3) is 0.526. The molecule has 0 bridgehead atoms. The number of ether oxygens (including phenoxy) is 1. The fourth-order valence-corrected chi connectivity index (χ4v) is 2.87. The molecule has 142 valence electrons. The van der Waals surface area contributed by atoms with Crippen molar-refractivity contribution >= 4 is 18.0 Å². The molecule has 7 nitrogen and oxygen atoms in total. The summed E-state index contributed by atoms with van der Waals surface area (Å²) in [7, 11) is 0. The zero-order valence-electron chi connectivity index (χ0n) is 15.4. The molecular weight excluding hydrogens is 336 g/mol. The summed E-state index contributed by atoms with van der Waals surface area (Å²) in [4.78, 5) is 38.3. The molecule has 1 aromatic rings. The number of aliphatic carboxylic acids is 1. The number of hydrogen-bond donors (Lipinski definition) is 2. The van der Waals surface area contributed by atoms with E-state index in [1.54, 1.807) is 45.0 Å². The van der Waals surface area contributed by atoms with Crippen molar-refractivity contribution in [3.8, 4) is 0 Å². The smallest absolute Gasteiger partial charge is 0.417 e. The lowest BCUT2D eigenvalue weighted by Crippen LogP contribution is -2.56. The van der Waals surface area contributed by atoms with Crippen molar-refractivity contribution in [2.45, 2.75) is 57.7 Å². The Hall–Kier alpha value is -2.41. The molecule has 2 atom stereocenters. The summed E-state index contributed by atoms with van der Waals surface area (Å²) in [6.45, 7) is 5.69. The number of carbonyl (C=O) groups is 3. The van der Waals surface area contributed by atoms with E-state index in [4.69, 9.17) is 4.74 Å². The minimum absolute atomic E-state index is 0.0217. The zero-order chi connectivity index (χ0) is 19.3. The standard InChI is InChI=1S/C19H26N2O5/c1-19(2,3)26-18(25)21(16(22)14-10-7-11-20-14)15(17(23)24)12-13-8-5-4-6-9-13/h4-6,8-9,14-15,20H,7,10-12H2,1-3H3,(H,23,24). The minimum Gasteiger partial charge on any atom is -0.480 e. The van der Waals surface area contributed by atoms with Gasteiger partial charge >= 0.3 is 12.1 Å². The Morgan fingerprint density at radius 2 is 1.92 bits per heavy atom. The summed E-state index contributed by atoms with van der Waals surface area (Å²) in [5, 5.41) is 12.7. The molecule has 0 aromatic heterocycles. The number of carboxylic acids is 1. The van der Waals surface area contributed by atoms with Gasteiger partial charge in [0, 0.05) is 6.42 Å². The van der Waals surface area contributed by atoms with Crippen LogP contribution in [0.2, 0.25) is 0 Å². The molecule has 0 radical (unpaired) electrons. The quantitative estimate of drug-likeness (QED) is 0.834. The lowest BCUT2D eigenvalue weighted by molar-refractivity contribution is -0.150. The Morgan fingerprint density at radius 3 is 2.42 bits per heavy atom. The number of carbonyl (C=O) groups excluding carboxylic acids is 2. The molecule has 2 unspecified atom stereocenters. The summed E-state index contributed by atoms with van der Waals surface area (Å²) in [6.07, 6.45) is 0.457. The molecule has 1 fully saturated rings. The van der Waals surface area contributed by atoms with E-state index in [0.29, 0.717) is 13.0 Å². The Labute approximate surface area is 153 Å². The maximum absolute atomic E-state index is 12.9. The second-order valence-electron chi connectivity index (χ2n) is 7.38. The maximum atomic E-state index is 12.9. The number of amides is 2. The highest BCUT2D eigenvalue weighted by Crippen LogP contribution is 2.19. The molecular formula is C19H26N2O5. The van der Waals surface area contributed by atoms with E-state index >= 15 is 0 Å². The third-order valence-electron chi connectivity index (χ3n) is 4.05. The number of benzene rings is 1. The first-order valence-electron chi connectivity index (χ1n) is 8.75. The van der Waals surface area contributed by atoms with E-state index in [0.717, 1.165) is 16.9 Å². The van der Waals surface area contributed by atoms with Crippen LogP contribution in [0.25, 0.3) is 0 Å². The van der Waals surface area contributed by atoms with Gasteiger partial charge in [-0.3, -0.25) is 4.79 Å². The summed E-state index contributed by atoms with van der Waals surface area (Å²) in [6, 6.07) is 7.02. The Kier molecular flexibility index (Phi) is 6.37. The number of hydrogen-bond acceptors (Lipinski definition) is 5. The summed E-state index contributed by atoms with van der Waals surface area (Å²) in [5.74, 6) is -1.80. The van der Waals surface area contributed by atoms with Gasteiger partial charge in [-0.05, 0) is 45.7 Å². The highest BCUT2D eigenvalue weighted by Gasteiger charge is 2.41. The number of carboxylic acid groups (broad SMARTS) is 1. The average molecular weight is 362 g/mol. The predicted molar refractivity (Wildman–Crippen MR) is 95.7 cm³/mol. The number of rotatable bonds is 5. The van der Waals surface area contributed by atoms with Crippen LogP contribution in [0, 0.1) is 0 Å². The van der Waals surface area contributed by atoms with Crippen LogP contribution in [0.3, 0.4) is 0 Å². The molecule has 1 aliphatic rings. The van der Waals surface area contributed by atoms with Crippen molar-refractivity contribution < 1.29 is 24.2 Å². The van der Waals surface area contributed by atoms with Crippen LogP contribution in [0.5, 0.6) is 0 Å². The lowest BCUT2D eigenvalue weighted by atomic mass is 10.0. The highest BCUT2D eigenvalue weighted by atomic mass is 16.6. The number of nitrogens with one attached hydrogen (secondary N) is 1. The van der Waals surface area contributed by atoms with Gasteiger partial charge in [0.05, 0.1) is 6.04 Å². The summed E-state index contributed by atoms with van der Waals surface area (Å²) >= 11 is 0. The minimum atomic E-state index is -1.33. The van der Waals surface area contributed by atoms with Crippen LogP contribution in [0.4, 0.5) is 4.79 Å². The average Bonchev–Trinajstić information content (AvgIpc) is 3.07. The van der Waals surface area contributed by atoms with Gasteiger partial charge < -0.3 is 15.2 Å². The van der Waals surface area contributed by atoms with Gasteiger partial charge in [-0.2, -0.15) is 0 Å². The molecule has 0 aliphatic carbocycles. The molecule has 2 amide bonds. The summed E-state index contributed by atoms with van der Waals surface area (Å²) < 4.78 is 5.32. The highest BCUT2D eigenvalue weighted by molar-refractivity contribution is 5.99. The SMILES string of the molecule is CC(C)(C)OC(=O)N(C(=O)C1CCCN1)C(Cc1ccccc1)C(=O)O. The molecule has 0 spiro atoms. The molecule has 7 heteroatoms. The Balaban J connectivity index is 2.32. The van der Waals surface area contributed by atoms with Crippen LogP contribution in [-0.4, -0.2) is 52.2 Å². The van der Waals surface area contributed by atoms with Crippen molar-refractivity contribution in [2.75, 3.05) is 6.54 Å². The second-order valence-corrected chi connectivity index (χ2v) is 7.38. The largest absolute Gasteiger partial charge is 0.480 e. The zero-order valence-corrected chi connectivity index (χ0v) is 15.4. The van der Waals surface area contributed by atoms with Gasteiger partial charge in [-0.1, -0.05) is 30.3 Å². The molecule has 1 saturated heterocycles. The van der Waals surface area contributed by atoms with Crippen LogP contribution < -0.4 is 5.32 Å². The van der Waals surface area contributed by atoms with Gasteiger partial charge in [-0.25, -0.2) is 14.5 Å². The number of imide groups is 1. The molecule has 2 rings (SSSR count). The normalized spacial score (nSPS) is 18.2. The van der Waals surface area contributed by atoms with Crippen LogP contribution in [-0.2, 0) is 20.7 Å². The molecule has 2 N–H and O–H groups in total. The van der Waals surface area contributed by atoms with Gasteiger partial charge in [0.2, 0.25) is 5.91 Å². The van der Waals surface area contributed by atoms with E-state index in [2.05, 4.69) is 5.32 Å². The molecule has 1 heterocycles. The van der Waals surface area contributed by atoms with Crippen LogP contribution in [0.1, 0.15) is 39.2 Å². The molecule has 1 aromatic carbocycles. The van der Waals surface area contributed by atoms with E-state index in [1.807, 2.05) is 6.07 Å². The van der Waals surface area contributed by atoms with Crippen LogP contribution >= 0.6 is 0 Å². The number of nitrogens with zero attached hydrogens (tertiary/aromatic N) is 1. The van der Waals surface area contributed by atoms with Crippen molar-refractivity contribution in [3.05, 3.63) is 35.9 Å². The van der Waals surface area contributed by atoms with E-state index in [9.17, 15) is 19.5 Å².